The molecule has 0 unspecified atom stereocenters. The van der Waals surface area contributed by atoms with E-state index in [0.717, 1.165) is 10.2 Å². The first kappa shape index (κ1) is 17.9. The van der Waals surface area contributed by atoms with Gasteiger partial charge in [-0.25, -0.2) is 8.42 Å². The van der Waals surface area contributed by atoms with Gasteiger partial charge in [0.2, 0.25) is 10.0 Å². The van der Waals surface area contributed by atoms with Gasteiger partial charge in [-0.2, -0.15) is 9.57 Å². The number of piperazine rings is 1. The van der Waals surface area contributed by atoms with E-state index in [0.29, 0.717) is 43.2 Å². The third-order valence-corrected chi connectivity index (χ3v) is 7.00. The van der Waals surface area contributed by atoms with Crippen molar-refractivity contribution in [1.29, 1.82) is 5.26 Å². The number of hydrogen-bond acceptors (Lipinski definition) is 6. The van der Waals surface area contributed by atoms with Crippen molar-refractivity contribution in [2.45, 2.75) is 18.7 Å². The molecule has 0 saturated carbocycles. The van der Waals surface area contributed by atoms with E-state index in [1.54, 1.807) is 26.0 Å². The third kappa shape index (κ3) is 3.29. The Bertz CT molecular complexity index is 921. The van der Waals surface area contributed by atoms with Gasteiger partial charge in [-0.3, -0.25) is 0 Å². The van der Waals surface area contributed by atoms with Crippen LogP contribution in [0.1, 0.15) is 17.0 Å². The molecule has 1 aliphatic heterocycles. The number of nitriles is 1. The molecule has 9 heteroatoms. The van der Waals surface area contributed by atoms with Gasteiger partial charge in [0.1, 0.15) is 10.6 Å². The maximum absolute atomic E-state index is 12.8. The minimum absolute atomic E-state index is 0.167. The Morgan fingerprint density at radius 3 is 2.44 bits per heavy atom. The number of halogens is 1. The number of benzene rings is 1. The maximum Gasteiger partial charge on any atom is 0.248 e. The van der Waals surface area contributed by atoms with Crippen molar-refractivity contribution < 1.29 is 12.9 Å². The molecule has 2 heterocycles. The third-order valence-electron chi connectivity index (χ3n) is 4.22. The number of sulfonamides is 1. The average molecular weight is 425 g/mol. The molecule has 0 N–H and O–H groups in total. The summed E-state index contributed by atoms with van der Waals surface area (Å²) in [7, 11) is -3.61. The largest absolute Gasteiger partial charge is 0.368 e. The van der Waals surface area contributed by atoms with Gasteiger partial charge in [0.15, 0.2) is 5.76 Å². The molecular formula is C16H17BrN4O3S. The lowest BCUT2D eigenvalue weighted by Gasteiger charge is -2.35. The second-order valence-corrected chi connectivity index (χ2v) is 8.55. The zero-order valence-corrected chi connectivity index (χ0v) is 16.3. The highest BCUT2D eigenvalue weighted by Gasteiger charge is 2.33. The van der Waals surface area contributed by atoms with Crippen LogP contribution in [0, 0.1) is 25.2 Å². The standard InChI is InChI=1S/C16H17BrN4O3S/c1-11-16(12(2)24-19-11)25(22,23)21-7-5-20(6-8-21)15-4-3-13(10-18)9-14(15)17/h3-4,9H,5-8H2,1-2H3. The van der Waals surface area contributed by atoms with Gasteiger partial charge in [-0.15, -0.1) is 0 Å². The van der Waals surface area contributed by atoms with Crippen molar-refractivity contribution >= 4 is 31.6 Å². The summed E-state index contributed by atoms with van der Waals surface area (Å²) in [6, 6.07) is 7.50. The molecule has 1 aliphatic rings. The van der Waals surface area contributed by atoms with Crippen LogP contribution >= 0.6 is 15.9 Å². The molecule has 132 valence electrons. The Hall–Kier alpha value is -1.89. The number of aromatic nitrogens is 1. The van der Waals surface area contributed by atoms with Gasteiger partial charge < -0.3 is 9.42 Å². The molecule has 0 atom stereocenters. The van der Waals surface area contributed by atoms with E-state index in [1.807, 2.05) is 6.07 Å². The minimum atomic E-state index is -3.61. The van der Waals surface area contributed by atoms with E-state index in [4.69, 9.17) is 9.78 Å². The van der Waals surface area contributed by atoms with Gasteiger partial charge >= 0.3 is 0 Å². The van der Waals surface area contributed by atoms with Crippen molar-refractivity contribution in [2.24, 2.45) is 0 Å². The quantitative estimate of drug-likeness (QED) is 0.751. The van der Waals surface area contributed by atoms with Crippen LogP contribution in [0.4, 0.5) is 5.69 Å². The average Bonchev–Trinajstić information content (AvgIpc) is 2.94. The van der Waals surface area contributed by atoms with Crippen LogP contribution in [0.3, 0.4) is 0 Å². The molecule has 1 saturated heterocycles. The molecule has 1 aromatic heterocycles. The van der Waals surface area contributed by atoms with Crippen LogP contribution in [0.5, 0.6) is 0 Å². The first-order valence-corrected chi connectivity index (χ1v) is 9.95. The van der Waals surface area contributed by atoms with Crippen LogP contribution < -0.4 is 4.90 Å². The Labute approximate surface area is 155 Å². The first-order chi connectivity index (χ1) is 11.8. The summed E-state index contributed by atoms with van der Waals surface area (Å²) >= 11 is 3.48. The predicted octanol–water partition coefficient (Wildman–Crippen LogP) is 2.44. The molecule has 0 spiro atoms. The van der Waals surface area contributed by atoms with E-state index in [2.05, 4.69) is 32.1 Å². The molecule has 7 nitrogen and oxygen atoms in total. The lowest BCUT2D eigenvalue weighted by Crippen LogP contribution is -2.48. The number of hydrogen-bond donors (Lipinski definition) is 0. The van der Waals surface area contributed by atoms with Gasteiger partial charge in [0.25, 0.3) is 0 Å². The lowest BCUT2D eigenvalue weighted by atomic mass is 10.2. The molecule has 3 rings (SSSR count). The molecule has 0 amide bonds. The predicted molar refractivity (Wildman–Crippen MR) is 95.8 cm³/mol. The molecular weight excluding hydrogens is 408 g/mol. The summed E-state index contributed by atoms with van der Waals surface area (Å²) in [6.07, 6.45) is 0. The van der Waals surface area contributed by atoms with Crippen molar-refractivity contribution in [2.75, 3.05) is 31.1 Å². The smallest absolute Gasteiger partial charge is 0.248 e. The lowest BCUT2D eigenvalue weighted by molar-refractivity contribution is 0.378. The number of nitrogens with zero attached hydrogens (tertiary/aromatic N) is 4. The van der Waals surface area contributed by atoms with Gasteiger partial charge in [-0.1, -0.05) is 5.16 Å². The highest BCUT2D eigenvalue weighted by atomic mass is 79.9. The fraction of sp³-hybridized carbons (Fsp3) is 0.375. The molecule has 1 aromatic carbocycles. The summed E-state index contributed by atoms with van der Waals surface area (Å²) in [5.41, 5.74) is 1.92. The van der Waals surface area contributed by atoms with Crippen molar-refractivity contribution in [3.63, 3.8) is 0 Å². The van der Waals surface area contributed by atoms with Crippen LogP contribution in [-0.2, 0) is 10.0 Å². The van der Waals surface area contributed by atoms with E-state index in [-0.39, 0.29) is 4.90 Å². The zero-order valence-electron chi connectivity index (χ0n) is 13.9. The summed E-state index contributed by atoms with van der Waals surface area (Å²) < 4.78 is 33.0. The highest BCUT2D eigenvalue weighted by Crippen LogP contribution is 2.30. The Morgan fingerprint density at radius 2 is 1.92 bits per heavy atom. The fourth-order valence-electron chi connectivity index (χ4n) is 2.97. The van der Waals surface area contributed by atoms with Crippen LogP contribution in [0.15, 0.2) is 32.1 Å². The monoisotopic (exact) mass is 424 g/mol. The summed E-state index contributed by atoms with van der Waals surface area (Å²) in [6.45, 7) is 5.11. The Morgan fingerprint density at radius 1 is 1.24 bits per heavy atom. The van der Waals surface area contributed by atoms with Gasteiger partial charge in [-0.05, 0) is 48.0 Å². The number of aryl methyl sites for hydroxylation is 2. The van der Waals surface area contributed by atoms with E-state index in [1.165, 1.54) is 4.31 Å². The van der Waals surface area contributed by atoms with Crippen LogP contribution in [0.25, 0.3) is 0 Å². The summed E-state index contributed by atoms with van der Waals surface area (Å²) in [4.78, 5) is 2.27. The molecule has 1 fully saturated rings. The molecule has 25 heavy (non-hydrogen) atoms. The second kappa shape index (κ2) is 6.78. The number of rotatable bonds is 3. The van der Waals surface area contributed by atoms with Gasteiger partial charge in [0, 0.05) is 30.7 Å². The zero-order chi connectivity index (χ0) is 18.2. The summed E-state index contributed by atoms with van der Waals surface area (Å²) in [5, 5.41) is 12.7. The van der Waals surface area contributed by atoms with E-state index < -0.39 is 10.0 Å². The topological polar surface area (TPSA) is 90.4 Å². The number of anilines is 1. The van der Waals surface area contributed by atoms with E-state index in [9.17, 15) is 8.42 Å². The molecule has 0 bridgehead atoms. The first-order valence-electron chi connectivity index (χ1n) is 7.72. The van der Waals surface area contributed by atoms with Crippen molar-refractivity contribution in [3.8, 4) is 6.07 Å². The SMILES string of the molecule is Cc1noc(C)c1S(=O)(=O)N1CCN(c2ccc(C#N)cc2Br)CC1. The molecule has 2 aromatic rings. The molecule has 0 aliphatic carbocycles. The maximum atomic E-state index is 12.8. The van der Waals surface area contributed by atoms with Gasteiger partial charge in [0.05, 0.1) is 17.3 Å². The van der Waals surface area contributed by atoms with E-state index >= 15 is 0 Å². The molecule has 0 radical (unpaired) electrons. The minimum Gasteiger partial charge on any atom is -0.368 e. The van der Waals surface area contributed by atoms with Crippen LogP contribution in [-0.4, -0.2) is 44.1 Å². The Balaban J connectivity index is 1.77. The normalized spacial score (nSPS) is 16.0. The Kier molecular flexibility index (Phi) is 4.86. The highest BCUT2D eigenvalue weighted by molar-refractivity contribution is 9.10. The second-order valence-electron chi connectivity index (χ2n) is 5.82. The van der Waals surface area contributed by atoms with Crippen LogP contribution in [0.2, 0.25) is 0 Å². The van der Waals surface area contributed by atoms with Crippen molar-refractivity contribution in [3.05, 3.63) is 39.7 Å². The fourth-order valence-corrected chi connectivity index (χ4v) is 5.32. The van der Waals surface area contributed by atoms with Crippen molar-refractivity contribution in [1.82, 2.24) is 9.46 Å². The summed E-state index contributed by atoms with van der Waals surface area (Å²) in [5.74, 6) is 0.315.